The summed E-state index contributed by atoms with van der Waals surface area (Å²) < 4.78 is 3.05. The van der Waals surface area contributed by atoms with Gasteiger partial charge < -0.3 is 5.11 Å². The first-order chi connectivity index (χ1) is 8.65. The Bertz CT molecular complexity index is 408. The zero-order valence-corrected chi connectivity index (χ0v) is 12.1. The molecule has 0 bridgehead atoms. The molecular formula is C13H20BrN3O. The Labute approximate surface area is 116 Å². The van der Waals surface area contributed by atoms with Crippen LogP contribution in [0.25, 0.3) is 0 Å². The van der Waals surface area contributed by atoms with Gasteiger partial charge in [0.05, 0.1) is 22.3 Å². The molecule has 0 radical (unpaired) electrons. The van der Waals surface area contributed by atoms with Crippen molar-refractivity contribution in [3.8, 4) is 0 Å². The molecule has 1 N–H and O–H groups in total. The van der Waals surface area contributed by atoms with Gasteiger partial charge in [-0.05, 0) is 28.8 Å². The summed E-state index contributed by atoms with van der Waals surface area (Å²) in [6.45, 7) is 2.86. The number of hydrogen-bond donors (Lipinski definition) is 1. The van der Waals surface area contributed by atoms with Crippen molar-refractivity contribution in [3.63, 3.8) is 0 Å². The van der Waals surface area contributed by atoms with Gasteiger partial charge in [0.2, 0.25) is 0 Å². The fourth-order valence-corrected chi connectivity index (χ4v) is 3.44. The van der Waals surface area contributed by atoms with Crippen LogP contribution in [0.5, 0.6) is 0 Å². The van der Waals surface area contributed by atoms with Crippen LogP contribution in [0.2, 0.25) is 0 Å². The maximum Gasteiger partial charge on any atom is 0.0774 e. The minimum absolute atomic E-state index is 0.423. The van der Waals surface area contributed by atoms with Crippen molar-refractivity contribution in [3.05, 3.63) is 16.9 Å². The molecule has 1 aromatic rings. The second-order valence-electron chi connectivity index (χ2n) is 5.77. The molecular weight excluding hydrogens is 294 g/mol. The molecule has 1 aromatic heterocycles. The highest BCUT2D eigenvalue weighted by atomic mass is 79.9. The highest BCUT2D eigenvalue weighted by molar-refractivity contribution is 9.10. The summed E-state index contributed by atoms with van der Waals surface area (Å²) in [7, 11) is 0. The van der Waals surface area contributed by atoms with Crippen molar-refractivity contribution in [2.24, 2.45) is 0 Å². The average molecular weight is 314 g/mol. The van der Waals surface area contributed by atoms with Crippen molar-refractivity contribution in [2.75, 3.05) is 19.6 Å². The normalized spacial score (nSPS) is 25.0. The lowest BCUT2D eigenvalue weighted by molar-refractivity contribution is -0.0521. The van der Waals surface area contributed by atoms with Crippen molar-refractivity contribution in [1.29, 1.82) is 0 Å². The van der Waals surface area contributed by atoms with Crippen molar-refractivity contribution in [1.82, 2.24) is 14.7 Å². The fourth-order valence-electron chi connectivity index (χ4n) is 3.14. The number of rotatable bonds is 3. The van der Waals surface area contributed by atoms with Gasteiger partial charge in [0.1, 0.15) is 0 Å². The van der Waals surface area contributed by atoms with Gasteiger partial charge in [0.25, 0.3) is 0 Å². The van der Waals surface area contributed by atoms with Crippen molar-refractivity contribution >= 4 is 15.9 Å². The van der Waals surface area contributed by atoms with E-state index in [0.717, 1.165) is 36.9 Å². The van der Waals surface area contributed by atoms with Crippen LogP contribution in [0, 0.1) is 0 Å². The van der Waals surface area contributed by atoms with Crippen LogP contribution in [0.4, 0.5) is 0 Å². The third-order valence-electron chi connectivity index (χ3n) is 4.18. The summed E-state index contributed by atoms with van der Waals surface area (Å²) in [5, 5.41) is 14.8. The largest absolute Gasteiger partial charge is 0.389 e. The third kappa shape index (κ3) is 2.63. The SMILES string of the molecule is OC1(CN2CC(n3cc(Br)cn3)C2)CCCCC1. The third-order valence-corrected chi connectivity index (χ3v) is 4.59. The Morgan fingerprint density at radius 1 is 1.33 bits per heavy atom. The molecule has 100 valence electrons. The van der Waals surface area contributed by atoms with Crippen LogP contribution >= 0.6 is 15.9 Å². The van der Waals surface area contributed by atoms with E-state index < -0.39 is 5.60 Å². The van der Waals surface area contributed by atoms with E-state index in [1.165, 1.54) is 19.3 Å². The zero-order valence-electron chi connectivity index (χ0n) is 10.6. The van der Waals surface area contributed by atoms with E-state index in [0.29, 0.717) is 6.04 Å². The maximum absolute atomic E-state index is 10.5. The number of likely N-dealkylation sites (tertiary alicyclic amines) is 1. The monoisotopic (exact) mass is 313 g/mol. The average Bonchev–Trinajstić information content (AvgIpc) is 2.70. The van der Waals surface area contributed by atoms with Gasteiger partial charge in [-0.1, -0.05) is 19.3 Å². The van der Waals surface area contributed by atoms with Gasteiger partial charge in [0.15, 0.2) is 0 Å². The van der Waals surface area contributed by atoms with Crippen LogP contribution in [0.15, 0.2) is 16.9 Å². The molecule has 0 amide bonds. The molecule has 0 aromatic carbocycles. The minimum Gasteiger partial charge on any atom is -0.389 e. The topological polar surface area (TPSA) is 41.3 Å². The first-order valence-corrected chi connectivity index (χ1v) is 7.58. The van der Waals surface area contributed by atoms with Crippen LogP contribution < -0.4 is 0 Å². The van der Waals surface area contributed by atoms with E-state index in [2.05, 4.69) is 25.9 Å². The first-order valence-electron chi connectivity index (χ1n) is 6.79. The summed E-state index contributed by atoms with van der Waals surface area (Å²) in [4.78, 5) is 2.35. The molecule has 2 fully saturated rings. The predicted molar refractivity (Wildman–Crippen MR) is 73.4 cm³/mol. The second-order valence-corrected chi connectivity index (χ2v) is 6.69. The highest BCUT2D eigenvalue weighted by Crippen LogP contribution is 2.31. The molecule has 18 heavy (non-hydrogen) atoms. The number of halogens is 1. The smallest absolute Gasteiger partial charge is 0.0774 e. The molecule has 1 aliphatic carbocycles. The number of nitrogens with zero attached hydrogens (tertiary/aromatic N) is 3. The van der Waals surface area contributed by atoms with Crippen LogP contribution in [0.3, 0.4) is 0 Å². The van der Waals surface area contributed by atoms with Gasteiger partial charge in [-0.2, -0.15) is 5.10 Å². The Morgan fingerprint density at radius 2 is 2.06 bits per heavy atom. The molecule has 0 atom stereocenters. The van der Waals surface area contributed by atoms with Gasteiger partial charge in [-0.3, -0.25) is 9.58 Å². The highest BCUT2D eigenvalue weighted by Gasteiger charge is 2.37. The summed E-state index contributed by atoms with van der Waals surface area (Å²) >= 11 is 3.42. The number of β-amino-alcohol motifs (C(OH)–C–C–N with tert-alkyl or cyclic N) is 1. The molecule has 0 spiro atoms. The summed E-state index contributed by atoms with van der Waals surface area (Å²) in [6, 6.07) is 0.475. The van der Waals surface area contributed by atoms with E-state index >= 15 is 0 Å². The van der Waals surface area contributed by atoms with Gasteiger partial charge >= 0.3 is 0 Å². The van der Waals surface area contributed by atoms with Crippen LogP contribution in [0.1, 0.15) is 38.1 Å². The standard InChI is InChI=1S/C13H20BrN3O/c14-11-6-15-17(7-11)12-8-16(9-12)10-13(18)4-2-1-3-5-13/h6-7,12,18H,1-5,8-10H2. The maximum atomic E-state index is 10.5. The minimum atomic E-state index is -0.423. The fraction of sp³-hybridized carbons (Fsp3) is 0.769. The van der Waals surface area contributed by atoms with E-state index in [1.807, 2.05) is 17.1 Å². The van der Waals surface area contributed by atoms with Crippen LogP contribution in [-0.2, 0) is 0 Å². The van der Waals surface area contributed by atoms with Gasteiger partial charge in [-0.25, -0.2) is 0 Å². The first kappa shape index (κ1) is 12.6. The number of aliphatic hydroxyl groups is 1. The zero-order chi connectivity index (χ0) is 12.6. The lowest BCUT2D eigenvalue weighted by Crippen LogP contribution is -2.54. The van der Waals surface area contributed by atoms with E-state index in [9.17, 15) is 5.11 Å². The molecule has 2 heterocycles. The summed E-state index contributed by atoms with van der Waals surface area (Å²) in [6.07, 6.45) is 9.45. The lowest BCUT2D eigenvalue weighted by Gasteiger charge is -2.44. The Kier molecular flexibility index (Phi) is 3.47. The van der Waals surface area contributed by atoms with Gasteiger partial charge in [-0.15, -0.1) is 0 Å². The molecule has 1 saturated carbocycles. The lowest BCUT2D eigenvalue weighted by atomic mass is 9.84. The molecule has 4 nitrogen and oxygen atoms in total. The predicted octanol–water partition coefficient (Wildman–Crippen LogP) is 2.20. The number of hydrogen-bond acceptors (Lipinski definition) is 3. The summed E-state index contributed by atoms with van der Waals surface area (Å²) in [5.41, 5.74) is -0.423. The summed E-state index contributed by atoms with van der Waals surface area (Å²) in [5.74, 6) is 0. The Balaban J connectivity index is 1.50. The molecule has 1 aliphatic heterocycles. The van der Waals surface area contributed by atoms with E-state index in [-0.39, 0.29) is 0 Å². The Morgan fingerprint density at radius 3 is 2.67 bits per heavy atom. The quantitative estimate of drug-likeness (QED) is 0.930. The van der Waals surface area contributed by atoms with E-state index in [1.54, 1.807) is 0 Å². The molecule has 3 rings (SSSR count). The van der Waals surface area contributed by atoms with E-state index in [4.69, 9.17) is 0 Å². The van der Waals surface area contributed by atoms with Crippen molar-refractivity contribution < 1.29 is 5.11 Å². The second kappa shape index (κ2) is 4.94. The molecule has 1 saturated heterocycles. The molecule has 5 heteroatoms. The Hall–Kier alpha value is -0.390. The molecule has 0 unspecified atom stereocenters. The van der Waals surface area contributed by atoms with Crippen molar-refractivity contribution in [2.45, 2.75) is 43.7 Å². The number of aromatic nitrogens is 2. The van der Waals surface area contributed by atoms with Crippen LogP contribution in [-0.4, -0.2) is 45.0 Å². The molecule has 2 aliphatic rings. The van der Waals surface area contributed by atoms with Gasteiger partial charge in [0, 0.05) is 25.8 Å².